The van der Waals surface area contributed by atoms with E-state index in [0.29, 0.717) is 56.2 Å². The summed E-state index contributed by atoms with van der Waals surface area (Å²) in [5, 5.41) is 8.89. The average molecular weight is 378 g/mol. The SMILES string of the molecule is C=CCN(Cc1ccc(C#N)cc1)C(=O)CCCOc1ccccc1OCC. The quantitative estimate of drug-likeness (QED) is 0.431. The molecule has 0 saturated carbocycles. The van der Waals surface area contributed by atoms with Gasteiger partial charge in [0.15, 0.2) is 11.5 Å². The molecule has 0 aromatic heterocycles. The minimum atomic E-state index is 0.0472. The van der Waals surface area contributed by atoms with Crippen LogP contribution in [0.15, 0.2) is 61.2 Å². The number of amides is 1. The third-order valence-corrected chi connectivity index (χ3v) is 4.10. The molecule has 28 heavy (non-hydrogen) atoms. The van der Waals surface area contributed by atoms with Gasteiger partial charge in [-0.05, 0) is 43.2 Å². The molecule has 1 amide bonds. The molecule has 0 aliphatic carbocycles. The van der Waals surface area contributed by atoms with Gasteiger partial charge in [0.05, 0.1) is 24.8 Å². The Bertz CT molecular complexity index is 809. The first-order valence-corrected chi connectivity index (χ1v) is 9.40. The van der Waals surface area contributed by atoms with Gasteiger partial charge in [-0.2, -0.15) is 5.26 Å². The first-order chi connectivity index (χ1) is 13.7. The third kappa shape index (κ3) is 6.48. The fourth-order valence-electron chi connectivity index (χ4n) is 2.72. The number of para-hydroxylation sites is 2. The van der Waals surface area contributed by atoms with E-state index in [1.807, 2.05) is 43.3 Å². The van der Waals surface area contributed by atoms with Gasteiger partial charge in [-0.3, -0.25) is 4.79 Å². The summed E-state index contributed by atoms with van der Waals surface area (Å²) in [6, 6.07) is 16.9. The van der Waals surface area contributed by atoms with Crippen LogP contribution in [0.2, 0.25) is 0 Å². The molecule has 2 rings (SSSR count). The zero-order valence-corrected chi connectivity index (χ0v) is 16.3. The van der Waals surface area contributed by atoms with Gasteiger partial charge in [0.25, 0.3) is 0 Å². The van der Waals surface area contributed by atoms with E-state index in [4.69, 9.17) is 14.7 Å². The molecule has 146 valence electrons. The monoisotopic (exact) mass is 378 g/mol. The maximum absolute atomic E-state index is 12.6. The Labute approximate surface area is 166 Å². The van der Waals surface area contributed by atoms with Crippen LogP contribution in [0.5, 0.6) is 11.5 Å². The molecule has 2 aromatic rings. The van der Waals surface area contributed by atoms with Crippen molar-refractivity contribution in [2.24, 2.45) is 0 Å². The van der Waals surface area contributed by atoms with Crippen LogP contribution in [0.4, 0.5) is 0 Å². The smallest absolute Gasteiger partial charge is 0.223 e. The van der Waals surface area contributed by atoms with E-state index in [1.54, 1.807) is 23.1 Å². The molecule has 5 heteroatoms. The number of benzene rings is 2. The standard InChI is InChI=1S/C23H26N2O3/c1-3-15-25(18-20-13-11-19(17-24)12-14-20)23(26)10-7-16-28-22-9-6-5-8-21(22)27-4-2/h3,5-6,8-9,11-14H,1,4,7,10,15-16,18H2,2H3. The Kier molecular flexibility index (Phi) is 8.61. The molecular formula is C23H26N2O3. The highest BCUT2D eigenvalue weighted by molar-refractivity contribution is 5.76. The summed E-state index contributed by atoms with van der Waals surface area (Å²) in [5.74, 6) is 1.45. The summed E-state index contributed by atoms with van der Waals surface area (Å²) in [6.07, 6.45) is 2.72. The van der Waals surface area contributed by atoms with Crippen molar-refractivity contribution in [2.45, 2.75) is 26.3 Å². The van der Waals surface area contributed by atoms with Gasteiger partial charge in [-0.25, -0.2) is 0 Å². The fourth-order valence-corrected chi connectivity index (χ4v) is 2.72. The topological polar surface area (TPSA) is 62.6 Å². The number of nitriles is 1. The lowest BCUT2D eigenvalue weighted by molar-refractivity contribution is -0.131. The largest absolute Gasteiger partial charge is 0.490 e. The molecule has 0 saturated heterocycles. The van der Waals surface area contributed by atoms with Gasteiger partial charge in [-0.1, -0.05) is 30.3 Å². The summed E-state index contributed by atoms with van der Waals surface area (Å²) >= 11 is 0. The van der Waals surface area contributed by atoms with Crippen molar-refractivity contribution >= 4 is 5.91 Å². The molecule has 0 N–H and O–H groups in total. The normalized spacial score (nSPS) is 10.0. The zero-order chi connectivity index (χ0) is 20.2. The van der Waals surface area contributed by atoms with E-state index in [9.17, 15) is 4.79 Å². The Morgan fingerprint density at radius 2 is 1.82 bits per heavy atom. The van der Waals surface area contributed by atoms with Crippen LogP contribution >= 0.6 is 0 Å². The molecule has 0 radical (unpaired) electrons. The first kappa shape index (κ1) is 21.0. The molecule has 5 nitrogen and oxygen atoms in total. The summed E-state index contributed by atoms with van der Waals surface area (Å²) in [6.45, 7) is 7.65. The number of hydrogen-bond donors (Lipinski definition) is 0. The zero-order valence-electron chi connectivity index (χ0n) is 16.3. The van der Waals surface area contributed by atoms with Gasteiger partial charge in [0.2, 0.25) is 5.91 Å². The number of nitrogens with zero attached hydrogens (tertiary/aromatic N) is 2. The highest BCUT2D eigenvalue weighted by Gasteiger charge is 2.13. The minimum Gasteiger partial charge on any atom is -0.490 e. The number of rotatable bonds is 11. The predicted molar refractivity (Wildman–Crippen MR) is 109 cm³/mol. The molecule has 0 aliphatic heterocycles. The van der Waals surface area contributed by atoms with E-state index in [1.165, 1.54) is 0 Å². The van der Waals surface area contributed by atoms with Gasteiger partial charge in [-0.15, -0.1) is 6.58 Å². The summed E-state index contributed by atoms with van der Waals surface area (Å²) < 4.78 is 11.3. The van der Waals surface area contributed by atoms with Crippen molar-refractivity contribution in [3.05, 3.63) is 72.3 Å². The van der Waals surface area contributed by atoms with Gasteiger partial charge < -0.3 is 14.4 Å². The lowest BCUT2D eigenvalue weighted by Crippen LogP contribution is -2.30. The number of ether oxygens (including phenoxy) is 2. The van der Waals surface area contributed by atoms with E-state index in [0.717, 1.165) is 5.56 Å². The number of carbonyl (C=O) groups excluding carboxylic acids is 1. The Balaban J connectivity index is 1.85. The second-order valence-corrected chi connectivity index (χ2v) is 6.20. The van der Waals surface area contributed by atoms with Gasteiger partial charge in [0.1, 0.15) is 0 Å². The van der Waals surface area contributed by atoms with Crippen molar-refractivity contribution < 1.29 is 14.3 Å². The lowest BCUT2D eigenvalue weighted by Gasteiger charge is -2.21. The van der Waals surface area contributed by atoms with Crippen molar-refractivity contribution in [1.82, 2.24) is 4.90 Å². The van der Waals surface area contributed by atoms with Crippen molar-refractivity contribution in [3.63, 3.8) is 0 Å². The molecule has 0 spiro atoms. The van der Waals surface area contributed by atoms with E-state index < -0.39 is 0 Å². The van der Waals surface area contributed by atoms with Crippen LogP contribution in [0.25, 0.3) is 0 Å². The van der Waals surface area contributed by atoms with E-state index >= 15 is 0 Å². The molecule has 0 atom stereocenters. The highest BCUT2D eigenvalue weighted by Crippen LogP contribution is 2.26. The predicted octanol–water partition coefficient (Wildman–Crippen LogP) is 4.33. The van der Waals surface area contributed by atoms with Crippen LogP contribution in [0.3, 0.4) is 0 Å². The second kappa shape index (κ2) is 11.5. The van der Waals surface area contributed by atoms with Crippen LogP contribution < -0.4 is 9.47 Å². The Hall–Kier alpha value is -3.26. The van der Waals surface area contributed by atoms with E-state index in [-0.39, 0.29) is 5.91 Å². The highest BCUT2D eigenvalue weighted by atomic mass is 16.5. The summed E-state index contributed by atoms with van der Waals surface area (Å²) in [4.78, 5) is 14.3. The molecule has 0 bridgehead atoms. The number of carbonyl (C=O) groups is 1. The van der Waals surface area contributed by atoms with Crippen LogP contribution in [0, 0.1) is 11.3 Å². The maximum Gasteiger partial charge on any atom is 0.223 e. The van der Waals surface area contributed by atoms with Crippen molar-refractivity contribution in [2.75, 3.05) is 19.8 Å². The molecular weight excluding hydrogens is 352 g/mol. The van der Waals surface area contributed by atoms with Crippen molar-refractivity contribution in [3.8, 4) is 17.6 Å². The van der Waals surface area contributed by atoms with Gasteiger partial charge >= 0.3 is 0 Å². The summed E-state index contributed by atoms with van der Waals surface area (Å²) in [7, 11) is 0. The molecule has 0 heterocycles. The molecule has 2 aromatic carbocycles. The minimum absolute atomic E-state index is 0.0472. The Morgan fingerprint density at radius 3 is 2.43 bits per heavy atom. The maximum atomic E-state index is 12.6. The third-order valence-electron chi connectivity index (χ3n) is 4.10. The van der Waals surface area contributed by atoms with Crippen LogP contribution in [0.1, 0.15) is 30.9 Å². The fraction of sp³-hybridized carbons (Fsp3) is 0.304. The van der Waals surface area contributed by atoms with Crippen molar-refractivity contribution in [1.29, 1.82) is 5.26 Å². The molecule has 0 unspecified atom stereocenters. The van der Waals surface area contributed by atoms with Gasteiger partial charge in [0, 0.05) is 19.5 Å². The van der Waals surface area contributed by atoms with E-state index in [2.05, 4.69) is 12.6 Å². The van der Waals surface area contributed by atoms with Crippen LogP contribution in [-0.2, 0) is 11.3 Å². The summed E-state index contributed by atoms with van der Waals surface area (Å²) in [5.41, 5.74) is 1.59. The molecule has 0 fully saturated rings. The lowest BCUT2D eigenvalue weighted by atomic mass is 10.1. The average Bonchev–Trinajstić information content (AvgIpc) is 2.72. The first-order valence-electron chi connectivity index (χ1n) is 9.40. The second-order valence-electron chi connectivity index (χ2n) is 6.20. The number of hydrogen-bond acceptors (Lipinski definition) is 4. The van der Waals surface area contributed by atoms with Crippen LogP contribution in [-0.4, -0.2) is 30.6 Å². The molecule has 0 aliphatic rings. The Morgan fingerprint density at radius 1 is 1.14 bits per heavy atom.